The van der Waals surface area contributed by atoms with Crippen LogP contribution in [0, 0.1) is 0 Å². The molecule has 1 atom stereocenters. The van der Waals surface area contributed by atoms with Crippen LogP contribution in [0.4, 0.5) is 0 Å². The maximum absolute atomic E-state index is 12.8. The summed E-state index contributed by atoms with van der Waals surface area (Å²) >= 11 is 3.33. The van der Waals surface area contributed by atoms with Crippen molar-refractivity contribution in [3.05, 3.63) is 64.6 Å². The number of halogens is 1. The van der Waals surface area contributed by atoms with E-state index in [0.717, 1.165) is 23.1 Å². The van der Waals surface area contributed by atoms with Gasteiger partial charge in [-0.3, -0.25) is 4.90 Å². The molecule has 0 aromatic heterocycles. The van der Waals surface area contributed by atoms with Crippen molar-refractivity contribution in [1.29, 1.82) is 0 Å². The van der Waals surface area contributed by atoms with E-state index in [1.54, 1.807) is 24.3 Å². The van der Waals surface area contributed by atoms with E-state index in [0.29, 0.717) is 19.8 Å². The number of hydrogen-bond acceptors (Lipinski definition) is 4. The van der Waals surface area contributed by atoms with Gasteiger partial charge < -0.3 is 4.74 Å². The Morgan fingerprint density at radius 1 is 1.04 bits per heavy atom. The first-order valence-corrected chi connectivity index (χ1v) is 10.5. The second-order valence-corrected chi connectivity index (χ2v) is 8.58. The van der Waals surface area contributed by atoms with E-state index in [4.69, 9.17) is 4.74 Å². The molecule has 1 N–H and O–H groups in total. The van der Waals surface area contributed by atoms with Crippen molar-refractivity contribution in [1.82, 2.24) is 9.62 Å². The highest BCUT2D eigenvalue weighted by molar-refractivity contribution is 9.10. The van der Waals surface area contributed by atoms with Gasteiger partial charge >= 0.3 is 0 Å². The van der Waals surface area contributed by atoms with Crippen molar-refractivity contribution < 1.29 is 13.2 Å². The SMILES string of the molecule is O=S(=O)(N[C@@H](CN1CCOCC1)c1ccccc1)c1ccc(Br)cc1. The number of nitrogens with one attached hydrogen (secondary N) is 1. The van der Waals surface area contributed by atoms with Crippen LogP contribution in [0.5, 0.6) is 0 Å². The summed E-state index contributed by atoms with van der Waals surface area (Å²) in [6, 6.07) is 16.0. The van der Waals surface area contributed by atoms with Gasteiger partial charge in [-0.2, -0.15) is 0 Å². The Hall–Kier alpha value is -1.25. The van der Waals surface area contributed by atoms with Gasteiger partial charge in [0.15, 0.2) is 0 Å². The number of benzene rings is 2. The molecule has 2 aromatic carbocycles. The van der Waals surface area contributed by atoms with Crippen molar-refractivity contribution in [2.75, 3.05) is 32.8 Å². The Kier molecular flexibility index (Phi) is 6.24. The number of ether oxygens (including phenoxy) is 1. The van der Waals surface area contributed by atoms with Crippen LogP contribution >= 0.6 is 15.9 Å². The van der Waals surface area contributed by atoms with Gasteiger partial charge in [-0.15, -0.1) is 0 Å². The van der Waals surface area contributed by atoms with E-state index in [2.05, 4.69) is 25.6 Å². The summed E-state index contributed by atoms with van der Waals surface area (Å²) in [4.78, 5) is 2.49. The fraction of sp³-hybridized carbons (Fsp3) is 0.333. The van der Waals surface area contributed by atoms with Gasteiger partial charge in [-0.1, -0.05) is 46.3 Å². The molecular formula is C18H21BrN2O3S. The largest absolute Gasteiger partial charge is 0.379 e. The number of rotatable bonds is 6. The third-order valence-corrected chi connectivity index (χ3v) is 6.18. The van der Waals surface area contributed by atoms with E-state index in [1.807, 2.05) is 30.3 Å². The molecule has 0 aliphatic carbocycles. The second kappa shape index (κ2) is 8.42. The first-order chi connectivity index (χ1) is 12.0. The molecule has 1 aliphatic heterocycles. The standard InChI is InChI=1S/C18H21BrN2O3S/c19-16-6-8-17(9-7-16)25(22,23)20-18(15-4-2-1-3-5-15)14-21-10-12-24-13-11-21/h1-9,18,20H,10-14H2/t18-/m0/s1. The first kappa shape index (κ1) is 18.5. The van der Waals surface area contributed by atoms with Crippen molar-refractivity contribution >= 4 is 26.0 Å². The maximum atomic E-state index is 12.8. The second-order valence-electron chi connectivity index (χ2n) is 5.95. The quantitative estimate of drug-likeness (QED) is 0.774. The van der Waals surface area contributed by atoms with Crippen molar-refractivity contribution in [3.8, 4) is 0 Å². The normalized spacial score (nSPS) is 17.3. The zero-order valence-electron chi connectivity index (χ0n) is 13.8. The minimum absolute atomic E-state index is 0.263. The van der Waals surface area contributed by atoms with Crippen LogP contribution in [0.15, 0.2) is 64.0 Å². The number of sulfonamides is 1. The molecule has 0 saturated carbocycles. The van der Waals surface area contributed by atoms with Gasteiger partial charge in [0.25, 0.3) is 0 Å². The molecule has 134 valence electrons. The van der Waals surface area contributed by atoms with Crippen molar-refractivity contribution in [2.24, 2.45) is 0 Å². The van der Waals surface area contributed by atoms with Crippen LogP contribution in [0.25, 0.3) is 0 Å². The highest BCUT2D eigenvalue weighted by Crippen LogP contribution is 2.20. The van der Waals surface area contributed by atoms with Gasteiger partial charge in [0, 0.05) is 24.1 Å². The minimum atomic E-state index is -3.60. The summed E-state index contributed by atoms with van der Waals surface area (Å²) in [6.07, 6.45) is 0. The topological polar surface area (TPSA) is 58.6 Å². The molecular weight excluding hydrogens is 404 g/mol. The summed E-state index contributed by atoms with van der Waals surface area (Å²) in [5.41, 5.74) is 0.953. The monoisotopic (exact) mass is 424 g/mol. The van der Waals surface area contributed by atoms with Crippen LogP contribution in [0.2, 0.25) is 0 Å². The molecule has 2 aromatic rings. The Balaban J connectivity index is 1.82. The molecule has 0 radical (unpaired) electrons. The van der Waals surface area contributed by atoms with Gasteiger partial charge in [-0.25, -0.2) is 13.1 Å². The molecule has 25 heavy (non-hydrogen) atoms. The molecule has 1 fully saturated rings. The highest BCUT2D eigenvalue weighted by atomic mass is 79.9. The summed E-state index contributed by atoms with van der Waals surface area (Å²) in [5, 5.41) is 0. The number of nitrogens with zero attached hydrogens (tertiary/aromatic N) is 1. The fourth-order valence-electron chi connectivity index (χ4n) is 2.81. The molecule has 0 amide bonds. The molecule has 0 unspecified atom stereocenters. The van der Waals surface area contributed by atoms with Crippen LogP contribution in [-0.4, -0.2) is 46.2 Å². The molecule has 1 aliphatic rings. The maximum Gasteiger partial charge on any atom is 0.241 e. The molecule has 1 saturated heterocycles. The highest BCUT2D eigenvalue weighted by Gasteiger charge is 2.24. The third-order valence-electron chi connectivity index (χ3n) is 4.17. The van der Waals surface area contributed by atoms with Crippen molar-refractivity contribution in [3.63, 3.8) is 0 Å². The Labute approximate surface area is 157 Å². The van der Waals surface area contributed by atoms with Gasteiger partial charge in [0.05, 0.1) is 24.2 Å². The Bertz CT molecular complexity index is 776. The predicted molar refractivity (Wildman–Crippen MR) is 101 cm³/mol. The summed E-state index contributed by atoms with van der Waals surface area (Å²) in [6.45, 7) is 3.60. The van der Waals surface area contributed by atoms with Gasteiger partial charge in [0.2, 0.25) is 10.0 Å². The number of morpholine rings is 1. The average Bonchev–Trinajstić information content (AvgIpc) is 2.63. The number of hydrogen-bond donors (Lipinski definition) is 1. The van der Waals surface area contributed by atoms with Gasteiger partial charge in [0.1, 0.15) is 0 Å². The van der Waals surface area contributed by atoms with Crippen LogP contribution in [-0.2, 0) is 14.8 Å². The zero-order chi connectivity index (χ0) is 17.7. The molecule has 5 nitrogen and oxygen atoms in total. The van der Waals surface area contributed by atoms with Crippen LogP contribution in [0.3, 0.4) is 0 Å². The van der Waals surface area contributed by atoms with E-state index in [-0.39, 0.29) is 10.9 Å². The lowest BCUT2D eigenvalue weighted by Crippen LogP contribution is -2.43. The molecule has 3 rings (SSSR count). The predicted octanol–water partition coefficient (Wildman–Crippen LogP) is 2.80. The Morgan fingerprint density at radius 2 is 1.68 bits per heavy atom. The Morgan fingerprint density at radius 3 is 2.32 bits per heavy atom. The van der Waals surface area contributed by atoms with E-state index >= 15 is 0 Å². The minimum Gasteiger partial charge on any atom is -0.379 e. The lowest BCUT2D eigenvalue weighted by atomic mass is 10.1. The third kappa shape index (κ3) is 5.12. The van der Waals surface area contributed by atoms with E-state index in [9.17, 15) is 8.42 Å². The summed E-state index contributed by atoms with van der Waals surface area (Å²) in [5.74, 6) is 0. The zero-order valence-corrected chi connectivity index (χ0v) is 16.2. The smallest absolute Gasteiger partial charge is 0.241 e. The van der Waals surface area contributed by atoms with Crippen molar-refractivity contribution in [2.45, 2.75) is 10.9 Å². The summed E-state index contributed by atoms with van der Waals surface area (Å²) < 4.78 is 34.7. The van der Waals surface area contributed by atoms with E-state index < -0.39 is 10.0 Å². The molecule has 0 bridgehead atoms. The van der Waals surface area contributed by atoms with Crippen LogP contribution in [0.1, 0.15) is 11.6 Å². The molecule has 7 heteroatoms. The summed E-state index contributed by atoms with van der Waals surface area (Å²) in [7, 11) is -3.60. The fourth-order valence-corrected chi connectivity index (χ4v) is 4.29. The van der Waals surface area contributed by atoms with Crippen LogP contribution < -0.4 is 4.72 Å². The van der Waals surface area contributed by atoms with E-state index in [1.165, 1.54) is 0 Å². The molecule has 0 spiro atoms. The molecule has 1 heterocycles. The first-order valence-electron chi connectivity index (χ1n) is 8.17. The lowest BCUT2D eigenvalue weighted by molar-refractivity contribution is 0.0345. The van der Waals surface area contributed by atoms with Gasteiger partial charge in [-0.05, 0) is 29.8 Å². The average molecular weight is 425 g/mol. The lowest BCUT2D eigenvalue weighted by Gasteiger charge is -2.31.